The Kier molecular flexibility index (Phi) is 3.93. The van der Waals surface area contributed by atoms with E-state index in [1.54, 1.807) is 29.4 Å². The van der Waals surface area contributed by atoms with Gasteiger partial charge in [-0.2, -0.15) is 0 Å². The number of nitrogens with zero attached hydrogens (tertiary/aromatic N) is 2. The Morgan fingerprint density at radius 3 is 2.68 bits per heavy atom. The van der Waals surface area contributed by atoms with Gasteiger partial charge in [0.15, 0.2) is 0 Å². The zero-order chi connectivity index (χ0) is 17.4. The molecule has 4 nitrogen and oxygen atoms in total. The molecule has 1 aliphatic rings. The van der Waals surface area contributed by atoms with Crippen molar-refractivity contribution in [2.75, 3.05) is 6.54 Å². The van der Waals surface area contributed by atoms with E-state index in [4.69, 9.17) is 0 Å². The van der Waals surface area contributed by atoms with E-state index >= 15 is 0 Å². The van der Waals surface area contributed by atoms with Crippen molar-refractivity contribution in [3.63, 3.8) is 0 Å². The maximum absolute atomic E-state index is 13.2. The van der Waals surface area contributed by atoms with Crippen LogP contribution in [0.25, 0.3) is 10.8 Å². The van der Waals surface area contributed by atoms with Gasteiger partial charge in [0.2, 0.25) is 0 Å². The Morgan fingerprint density at radius 1 is 1.12 bits per heavy atom. The largest absolute Gasteiger partial charge is 0.391 e. The van der Waals surface area contributed by atoms with Gasteiger partial charge >= 0.3 is 0 Å². The number of aliphatic hydroxyl groups excluding tert-OH is 1. The second-order valence-corrected chi connectivity index (χ2v) is 6.32. The van der Waals surface area contributed by atoms with E-state index in [1.165, 1.54) is 12.1 Å². The Morgan fingerprint density at radius 2 is 1.88 bits per heavy atom. The van der Waals surface area contributed by atoms with Gasteiger partial charge in [-0.3, -0.25) is 9.78 Å². The number of hydrogen-bond donors (Lipinski definition) is 1. The molecule has 1 aliphatic heterocycles. The minimum absolute atomic E-state index is 0.171. The highest BCUT2D eigenvalue weighted by Crippen LogP contribution is 2.34. The van der Waals surface area contributed by atoms with Crippen molar-refractivity contribution in [3.8, 4) is 0 Å². The van der Waals surface area contributed by atoms with Crippen molar-refractivity contribution in [1.29, 1.82) is 0 Å². The molecule has 2 heterocycles. The third-order valence-corrected chi connectivity index (χ3v) is 4.69. The first-order valence-corrected chi connectivity index (χ1v) is 8.21. The number of benzene rings is 2. The number of aromatic nitrogens is 1. The molecule has 0 aliphatic carbocycles. The summed E-state index contributed by atoms with van der Waals surface area (Å²) < 4.78 is 13.2. The van der Waals surface area contributed by atoms with Crippen LogP contribution in [0, 0.1) is 5.82 Å². The first-order chi connectivity index (χ1) is 12.1. The molecule has 1 fully saturated rings. The number of carbonyl (C=O) groups excluding carboxylic acids is 1. The average Bonchev–Trinajstić information content (AvgIpc) is 3.03. The molecule has 0 radical (unpaired) electrons. The quantitative estimate of drug-likeness (QED) is 0.781. The molecular weight excluding hydrogens is 319 g/mol. The predicted octanol–water partition coefficient (Wildman–Crippen LogP) is 3.32. The third-order valence-electron chi connectivity index (χ3n) is 4.69. The molecule has 0 bridgehead atoms. The molecule has 4 rings (SSSR count). The van der Waals surface area contributed by atoms with E-state index in [2.05, 4.69) is 4.98 Å². The molecule has 25 heavy (non-hydrogen) atoms. The zero-order valence-electron chi connectivity index (χ0n) is 13.5. The van der Waals surface area contributed by atoms with Crippen molar-refractivity contribution in [2.24, 2.45) is 0 Å². The highest BCUT2D eigenvalue weighted by molar-refractivity contribution is 6.06. The standard InChI is InChI=1S/C20H17FN2O2/c21-15-7-5-13(6-8-15)19-9-16(24)12-23(19)20(25)18-11-22-10-14-3-1-2-4-17(14)18/h1-8,10-11,16,19,24H,9,12H2/t16-,19+/m1/s1. The summed E-state index contributed by atoms with van der Waals surface area (Å²) in [7, 11) is 0. The normalized spacial score (nSPS) is 20.2. The third kappa shape index (κ3) is 2.87. The second-order valence-electron chi connectivity index (χ2n) is 6.32. The van der Waals surface area contributed by atoms with Crippen LogP contribution in [0.2, 0.25) is 0 Å². The van der Waals surface area contributed by atoms with E-state index in [-0.39, 0.29) is 24.3 Å². The summed E-state index contributed by atoms with van der Waals surface area (Å²) >= 11 is 0. The summed E-state index contributed by atoms with van der Waals surface area (Å²) in [6.07, 6.45) is 3.14. The van der Waals surface area contributed by atoms with Crippen molar-refractivity contribution >= 4 is 16.7 Å². The summed E-state index contributed by atoms with van der Waals surface area (Å²) in [5.41, 5.74) is 1.33. The number of amides is 1. The lowest BCUT2D eigenvalue weighted by atomic mass is 10.0. The summed E-state index contributed by atoms with van der Waals surface area (Å²) in [5, 5.41) is 11.8. The van der Waals surface area contributed by atoms with Crippen molar-refractivity contribution < 1.29 is 14.3 Å². The summed E-state index contributed by atoms with van der Waals surface area (Å²) in [6.45, 7) is 0.254. The van der Waals surface area contributed by atoms with Gasteiger partial charge in [0.25, 0.3) is 5.91 Å². The van der Waals surface area contributed by atoms with E-state index in [0.29, 0.717) is 12.0 Å². The van der Waals surface area contributed by atoms with Crippen molar-refractivity contribution in [2.45, 2.75) is 18.6 Å². The number of carbonyl (C=O) groups is 1. The lowest BCUT2D eigenvalue weighted by Crippen LogP contribution is -2.32. The molecular formula is C20H17FN2O2. The molecule has 5 heteroatoms. The van der Waals surface area contributed by atoms with E-state index in [0.717, 1.165) is 16.3 Å². The number of pyridine rings is 1. The molecule has 0 unspecified atom stereocenters. The Bertz CT molecular complexity index is 921. The second kappa shape index (κ2) is 6.26. The van der Waals surface area contributed by atoms with Crippen LogP contribution >= 0.6 is 0 Å². The van der Waals surface area contributed by atoms with Crippen LogP contribution in [-0.4, -0.2) is 33.5 Å². The van der Waals surface area contributed by atoms with Gasteiger partial charge in [0.05, 0.1) is 17.7 Å². The molecule has 2 aromatic carbocycles. The number of halogens is 1. The number of β-amino-alcohol motifs (C(OH)–C–C–N with tert-alkyl or cyclic N) is 1. The van der Waals surface area contributed by atoms with Crippen molar-refractivity contribution in [1.82, 2.24) is 9.88 Å². The topological polar surface area (TPSA) is 53.4 Å². The van der Waals surface area contributed by atoms with Crippen LogP contribution in [0.5, 0.6) is 0 Å². The van der Waals surface area contributed by atoms with Gasteiger partial charge in [-0.1, -0.05) is 36.4 Å². The molecule has 2 atom stereocenters. The van der Waals surface area contributed by atoms with Crippen molar-refractivity contribution in [3.05, 3.63) is 77.9 Å². The van der Waals surface area contributed by atoms with Crippen LogP contribution in [0.3, 0.4) is 0 Å². The lowest BCUT2D eigenvalue weighted by molar-refractivity contribution is 0.0717. The number of fused-ring (bicyclic) bond motifs is 1. The highest BCUT2D eigenvalue weighted by Gasteiger charge is 2.36. The van der Waals surface area contributed by atoms with Gasteiger partial charge in [-0.15, -0.1) is 0 Å². The Balaban J connectivity index is 1.73. The number of hydrogen-bond acceptors (Lipinski definition) is 3. The molecule has 3 aromatic rings. The summed E-state index contributed by atoms with van der Waals surface area (Å²) in [4.78, 5) is 19.0. The van der Waals surface area contributed by atoms with Crippen LogP contribution in [-0.2, 0) is 0 Å². The molecule has 1 saturated heterocycles. The molecule has 1 N–H and O–H groups in total. The lowest BCUT2D eigenvalue weighted by Gasteiger charge is -2.25. The predicted molar refractivity (Wildman–Crippen MR) is 92.5 cm³/mol. The number of likely N-dealkylation sites (tertiary alicyclic amines) is 1. The Hall–Kier alpha value is -2.79. The van der Waals surface area contributed by atoms with Gasteiger partial charge in [-0.25, -0.2) is 4.39 Å². The van der Waals surface area contributed by atoms with Crippen LogP contribution < -0.4 is 0 Å². The summed E-state index contributed by atoms with van der Waals surface area (Å²) in [6, 6.07) is 13.4. The van der Waals surface area contributed by atoms with Crippen LogP contribution in [0.15, 0.2) is 60.9 Å². The summed E-state index contributed by atoms with van der Waals surface area (Å²) in [5.74, 6) is -0.492. The maximum Gasteiger partial charge on any atom is 0.256 e. The fourth-order valence-electron chi connectivity index (χ4n) is 3.48. The maximum atomic E-state index is 13.2. The van der Waals surface area contributed by atoms with Crippen LogP contribution in [0.4, 0.5) is 4.39 Å². The number of aliphatic hydroxyl groups is 1. The van der Waals surface area contributed by atoms with Crippen LogP contribution in [0.1, 0.15) is 28.4 Å². The SMILES string of the molecule is O=C(c1cncc2ccccc12)N1C[C@H](O)C[C@H]1c1ccc(F)cc1. The van der Waals surface area contributed by atoms with E-state index in [1.807, 2.05) is 24.3 Å². The number of rotatable bonds is 2. The average molecular weight is 336 g/mol. The first-order valence-electron chi connectivity index (χ1n) is 8.21. The van der Waals surface area contributed by atoms with Gasteiger partial charge in [0.1, 0.15) is 5.82 Å². The molecule has 0 spiro atoms. The Labute approximate surface area is 144 Å². The fraction of sp³-hybridized carbons (Fsp3) is 0.200. The van der Waals surface area contributed by atoms with E-state index in [9.17, 15) is 14.3 Å². The first kappa shape index (κ1) is 15.7. The monoisotopic (exact) mass is 336 g/mol. The minimum atomic E-state index is -0.595. The van der Waals surface area contributed by atoms with E-state index < -0.39 is 6.10 Å². The highest BCUT2D eigenvalue weighted by atomic mass is 19.1. The minimum Gasteiger partial charge on any atom is -0.391 e. The molecule has 1 amide bonds. The van der Waals surface area contributed by atoms with Gasteiger partial charge in [-0.05, 0) is 29.5 Å². The molecule has 126 valence electrons. The molecule has 1 aromatic heterocycles. The zero-order valence-corrected chi connectivity index (χ0v) is 13.5. The molecule has 0 saturated carbocycles. The smallest absolute Gasteiger partial charge is 0.256 e. The fourth-order valence-corrected chi connectivity index (χ4v) is 3.48. The van der Waals surface area contributed by atoms with Gasteiger partial charge < -0.3 is 10.0 Å². The van der Waals surface area contributed by atoms with Gasteiger partial charge in [0, 0.05) is 24.3 Å².